The summed E-state index contributed by atoms with van der Waals surface area (Å²) in [6.45, 7) is 5.16. The highest BCUT2D eigenvalue weighted by atomic mass is 15.2. The molecule has 0 aliphatic rings. The Morgan fingerprint density at radius 3 is 2.25 bits per heavy atom. The number of hydrogen-bond donors (Lipinski definition) is 1. The minimum atomic E-state index is 0.296. The van der Waals surface area contributed by atoms with Crippen molar-refractivity contribution in [3.8, 4) is 0 Å². The van der Waals surface area contributed by atoms with E-state index in [9.17, 15) is 0 Å². The van der Waals surface area contributed by atoms with Crippen LogP contribution in [0.4, 0.5) is 0 Å². The van der Waals surface area contributed by atoms with Crippen molar-refractivity contribution in [3.05, 3.63) is 48.0 Å². The highest BCUT2D eigenvalue weighted by Crippen LogP contribution is 2.26. The van der Waals surface area contributed by atoms with Gasteiger partial charge in [-0.2, -0.15) is 0 Å². The summed E-state index contributed by atoms with van der Waals surface area (Å²) in [5, 5.41) is 2.58. The average molecular weight is 270 g/mol. The molecule has 0 amide bonds. The zero-order valence-electron chi connectivity index (χ0n) is 12.8. The molecule has 1 unspecified atom stereocenters. The fourth-order valence-electron chi connectivity index (χ4n) is 3.07. The van der Waals surface area contributed by atoms with Crippen LogP contribution in [0.25, 0.3) is 10.8 Å². The van der Waals surface area contributed by atoms with E-state index >= 15 is 0 Å². The molecule has 20 heavy (non-hydrogen) atoms. The van der Waals surface area contributed by atoms with Gasteiger partial charge in [-0.3, -0.25) is 4.90 Å². The quantitative estimate of drug-likeness (QED) is 0.861. The highest BCUT2D eigenvalue weighted by Gasteiger charge is 2.21. The second-order valence-electron chi connectivity index (χ2n) is 5.49. The SMILES string of the molecule is CCC(CC)N(C)C(CN)c1ccc2ccccc2c1. The molecular formula is C18H26N2. The first-order valence-corrected chi connectivity index (χ1v) is 7.61. The van der Waals surface area contributed by atoms with Crippen LogP contribution in [0.5, 0.6) is 0 Å². The lowest BCUT2D eigenvalue weighted by Gasteiger charge is -2.34. The topological polar surface area (TPSA) is 29.3 Å². The lowest BCUT2D eigenvalue weighted by Crippen LogP contribution is -2.38. The molecule has 0 bridgehead atoms. The van der Waals surface area contributed by atoms with E-state index in [0.717, 1.165) is 12.8 Å². The fraction of sp³-hybridized carbons (Fsp3) is 0.444. The molecule has 1 atom stereocenters. The molecule has 2 rings (SSSR count). The van der Waals surface area contributed by atoms with E-state index in [2.05, 4.69) is 68.3 Å². The summed E-state index contributed by atoms with van der Waals surface area (Å²) < 4.78 is 0. The molecule has 2 aromatic rings. The Kier molecular flexibility index (Phi) is 5.16. The summed E-state index contributed by atoms with van der Waals surface area (Å²) in [5.41, 5.74) is 7.38. The van der Waals surface area contributed by atoms with Crippen molar-refractivity contribution in [3.63, 3.8) is 0 Å². The van der Waals surface area contributed by atoms with E-state index < -0.39 is 0 Å². The number of nitrogens with zero attached hydrogens (tertiary/aromatic N) is 1. The fourth-order valence-corrected chi connectivity index (χ4v) is 3.07. The van der Waals surface area contributed by atoms with Gasteiger partial charge in [-0.25, -0.2) is 0 Å². The van der Waals surface area contributed by atoms with Crippen molar-refractivity contribution in [1.29, 1.82) is 0 Å². The Balaban J connectivity index is 2.33. The van der Waals surface area contributed by atoms with Crippen molar-refractivity contribution < 1.29 is 0 Å². The molecule has 0 spiro atoms. The van der Waals surface area contributed by atoms with Gasteiger partial charge in [0.2, 0.25) is 0 Å². The van der Waals surface area contributed by atoms with E-state index in [1.54, 1.807) is 0 Å². The van der Waals surface area contributed by atoms with Crippen molar-refractivity contribution in [2.45, 2.75) is 38.8 Å². The van der Waals surface area contributed by atoms with Crippen LogP contribution in [0, 0.1) is 0 Å². The van der Waals surface area contributed by atoms with Crippen LogP contribution < -0.4 is 5.73 Å². The van der Waals surface area contributed by atoms with Crippen molar-refractivity contribution in [1.82, 2.24) is 4.90 Å². The number of likely N-dealkylation sites (N-methyl/N-ethyl adjacent to an activating group) is 1. The molecule has 0 fully saturated rings. The summed E-state index contributed by atoms with van der Waals surface area (Å²) in [6, 6.07) is 16.1. The lowest BCUT2D eigenvalue weighted by molar-refractivity contribution is 0.168. The maximum absolute atomic E-state index is 6.06. The number of rotatable bonds is 6. The Bertz CT molecular complexity index is 546. The average Bonchev–Trinajstić information content (AvgIpc) is 2.49. The molecule has 0 aromatic heterocycles. The number of fused-ring (bicyclic) bond motifs is 1. The predicted octanol–water partition coefficient (Wildman–Crippen LogP) is 3.96. The molecule has 0 saturated heterocycles. The monoisotopic (exact) mass is 270 g/mol. The summed E-state index contributed by atoms with van der Waals surface area (Å²) in [4.78, 5) is 2.43. The molecule has 0 aliphatic carbocycles. The molecule has 2 heteroatoms. The highest BCUT2D eigenvalue weighted by molar-refractivity contribution is 5.83. The third-order valence-corrected chi connectivity index (χ3v) is 4.39. The molecule has 2 aromatic carbocycles. The Morgan fingerprint density at radius 1 is 1.00 bits per heavy atom. The second-order valence-corrected chi connectivity index (χ2v) is 5.49. The van der Waals surface area contributed by atoms with Gasteiger partial charge in [0.1, 0.15) is 0 Å². The van der Waals surface area contributed by atoms with E-state index in [0.29, 0.717) is 18.6 Å². The van der Waals surface area contributed by atoms with E-state index in [1.165, 1.54) is 16.3 Å². The normalized spacial score (nSPS) is 13.3. The van der Waals surface area contributed by atoms with Gasteiger partial charge in [0.15, 0.2) is 0 Å². The van der Waals surface area contributed by atoms with Gasteiger partial charge in [0.25, 0.3) is 0 Å². The second kappa shape index (κ2) is 6.87. The summed E-state index contributed by atoms with van der Waals surface area (Å²) in [6.07, 6.45) is 2.33. The first-order chi connectivity index (χ1) is 9.71. The van der Waals surface area contributed by atoms with Gasteiger partial charge < -0.3 is 5.73 Å². The molecule has 0 radical (unpaired) electrons. The van der Waals surface area contributed by atoms with Gasteiger partial charge >= 0.3 is 0 Å². The minimum Gasteiger partial charge on any atom is -0.329 e. The molecule has 0 heterocycles. The third kappa shape index (κ3) is 3.02. The maximum atomic E-state index is 6.06. The van der Waals surface area contributed by atoms with Crippen molar-refractivity contribution in [2.24, 2.45) is 5.73 Å². The number of nitrogens with two attached hydrogens (primary N) is 1. The van der Waals surface area contributed by atoms with Gasteiger partial charge in [0.05, 0.1) is 0 Å². The summed E-state index contributed by atoms with van der Waals surface area (Å²) >= 11 is 0. The molecule has 108 valence electrons. The van der Waals surface area contributed by atoms with Crippen LogP contribution in [0.2, 0.25) is 0 Å². The first kappa shape index (κ1) is 15.0. The Morgan fingerprint density at radius 2 is 1.65 bits per heavy atom. The van der Waals surface area contributed by atoms with E-state index in [-0.39, 0.29) is 0 Å². The Labute approximate surface area is 122 Å². The van der Waals surface area contributed by atoms with Crippen LogP contribution in [0.15, 0.2) is 42.5 Å². The van der Waals surface area contributed by atoms with Gasteiger partial charge in [-0.15, -0.1) is 0 Å². The largest absolute Gasteiger partial charge is 0.329 e. The number of hydrogen-bond acceptors (Lipinski definition) is 2. The summed E-state index contributed by atoms with van der Waals surface area (Å²) in [7, 11) is 2.20. The van der Waals surface area contributed by atoms with Gasteiger partial charge in [-0.05, 0) is 42.3 Å². The minimum absolute atomic E-state index is 0.296. The zero-order chi connectivity index (χ0) is 14.5. The van der Waals surface area contributed by atoms with Crippen LogP contribution in [-0.4, -0.2) is 24.5 Å². The zero-order valence-corrected chi connectivity index (χ0v) is 12.8. The van der Waals surface area contributed by atoms with Crippen LogP contribution in [0.3, 0.4) is 0 Å². The summed E-state index contributed by atoms with van der Waals surface area (Å²) in [5.74, 6) is 0. The van der Waals surface area contributed by atoms with Crippen LogP contribution >= 0.6 is 0 Å². The Hall–Kier alpha value is -1.38. The lowest BCUT2D eigenvalue weighted by atomic mass is 9.99. The maximum Gasteiger partial charge on any atom is 0.0470 e. The molecule has 0 saturated carbocycles. The van der Waals surface area contributed by atoms with Crippen LogP contribution in [0.1, 0.15) is 38.3 Å². The number of benzene rings is 2. The van der Waals surface area contributed by atoms with Crippen LogP contribution in [-0.2, 0) is 0 Å². The van der Waals surface area contributed by atoms with E-state index in [4.69, 9.17) is 5.73 Å². The smallest absolute Gasteiger partial charge is 0.0470 e. The molecule has 2 nitrogen and oxygen atoms in total. The third-order valence-electron chi connectivity index (χ3n) is 4.39. The predicted molar refractivity (Wildman–Crippen MR) is 87.9 cm³/mol. The van der Waals surface area contributed by atoms with Crippen molar-refractivity contribution in [2.75, 3.05) is 13.6 Å². The molecule has 2 N–H and O–H groups in total. The van der Waals surface area contributed by atoms with Gasteiger partial charge in [-0.1, -0.05) is 50.2 Å². The van der Waals surface area contributed by atoms with E-state index in [1.807, 2.05) is 0 Å². The first-order valence-electron chi connectivity index (χ1n) is 7.61. The van der Waals surface area contributed by atoms with Gasteiger partial charge in [0, 0.05) is 18.6 Å². The molecule has 0 aliphatic heterocycles. The molecular weight excluding hydrogens is 244 g/mol. The standard InChI is InChI=1S/C18H26N2/c1-4-17(5-2)20(3)18(13-19)16-11-10-14-8-6-7-9-15(14)12-16/h6-12,17-18H,4-5,13,19H2,1-3H3. The van der Waals surface area contributed by atoms with Crippen molar-refractivity contribution >= 4 is 10.8 Å².